The number of carbonyl (C=O) groups is 1. The first-order valence-electron chi connectivity index (χ1n) is 7.81. The third-order valence-corrected chi connectivity index (χ3v) is 4.11. The molecule has 1 saturated heterocycles. The summed E-state index contributed by atoms with van der Waals surface area (Å²) in [5, 5.41) is 0. The zero-order valence-electron chi connectivity index (χ0n) is 13.0. The number of carbonyl (C=O) groups excluding carboxylic acids is 1. The van der Waals surface area contributed by atoms with E-state index >= 15 is 0 Å². The van der Waals surface area contributed by atoms with Gasteiger partial charge in [-0.1, -0.05) is 12.1 Å². The molecule has 0 unspecified atom stereocenters. The van der Waals surface area contributed by atoms with Gasteiger partial charge < -0.3 is 9.64 Å². The Balaban J connectivity index is 1.67. The number of hydrogen-bond acceptors (Lipinski definition) is 4. The zero-order valence-corrected chi connectivity index (χ0v) is 13.0. The third kappa shape index (κ3) is 3.50. The first-order chi connectivity index (χ1) is 11.2. The number of nitrogens with zero attached hydrogens (tertiary/aromatic N) is 2. The fraction of sp³-hybridized carbons (Fsp3) is 0.333. The van der Waals surface area contributed by atoms with Crippen molar-refractivity contribution in [2.24, 2.45) is 0 Å². The summed E-state index contributed by atoms with van der Waals surface area (Å²) in [4.78, 5) is 18.2. The highest BCUT2D eigenvalue weighted by molar-refractivity contribution is 5.89. The molecule has 1 aliphatic rings. The molecule has 1 atom stereocenters. The topological polar surface area (TPSA) is 42.4 Å². The molecule has 3 rings (SSSR count). The molecule has 2 aromatic rings. The van der Waals surface area contributed by atoms with Crippen LogP contribution in [-0.2, 0) is 4.74 Å². The van der Waals surface area contributed by atoms with Crippen LogP contribution < -0.4 is 4.90 Å². The first-order valence-corrected chi connectivity index (χ1v) is 7.81. The molecule has 1 fully saturated rings. The van der Waals surface area contributed by atoms with Crippen molar-refractivity contribution < 1.29 is 13.9 Å². The monoisotopic (exact) mass is 314 g/mol. The number of pyridine rings is 1. The van der Waals surface area contributed by atoms with Gasteiger partial charge in [0.05, 0.1) is 12.2 Å². The lowest BCUT2D eigenvalue weighted by molar-refractivity contribution is 0.0526. The van der Waals surface area contributed by atoms with E-state index in [1.807, 2.05) is 18.2 Å². The maximum absolute atomic E-state index is 13.0. The molecule has 0 amide bonds. The Hall–Kier alpha value is -2.43. The Kier molecular flexibility index (Phi) is 4.55. The van der Waals surface area contributed by atoms with Crippen molar-refractivity contribution in [1.82, 2.24) is 4.98 Å². The average molecular weight is 314 g/mol. The highest BCUT2D eigenvalue weighted by atomic mass is 19.1. The van der Waals surface area contributed by atoms with Crippen LogP contribution in [0.5, 0.6) is 0 Å². The van der Waals surface area contributed by atoms with Gasteiger partial charge in [0.25, 0.3) is 0 Å². The van der Waals surface area contributed by atoms with Crippen LogP contribution in [0.25, 0.3) is 0 Å². The molecule has 0 spiro atoms. The standard InChI is InChI=1S/C18H19FN2O2/c1-2-23-18(22)14-5-8-17(20-11-14)21-10-9-15(12-21)13-3-6-16(19)7-4-13/h3-8,11,15H,2,9-10,12H2,1H3/t15-/m0/s1. The van der Waals surface area contributed by atoms with E-state index in [2.05, 4.69) is 9.88 Å². The Morgan fingerprint density at radius 1 is 1.30 bits per heavy atom. The van der Waals surface area contributed by atoms with E-state index in [0.717, 1.165) is 30.9 Å². The normalized spacial score (nSPS) is 17.3. The minimum Gasteiger partial charge on any atom is -0.462 e. The van der Waals surface area contributed by atoms with Crippen LogP contribution in [0.15, 0.2) is 42.6 Å². The first kappa shape index (κ1) is 15.5. The van der Waals surface area contributed by atoms with Crippen LogP contribution in [0.2, 0.25) is 0 Å². The van der Waals surface area contributed by atoms with Crippen LogP contribution in [0, 0.1) is 5.82 Å². The summed E-state index contributed by atoms with van der Waals surface area (Å²) >= 11 is 0. The van der Waals surface area contributed by atoms with Crippen LogP contribution >= 0.6 is 0 Å². The molecule has 1 aromatic carbocycles. The molecule has 120 valence electrons. The van der Waals surface area contributed by atoms with Gasteiger partial charge in [-0.2, -0.15) is 0 Å². The number of rotatable bonds is 4. The van der Waals surface area contributed by atoms with Crippen molar-refractivity contribution >= 4 is 11.8 Å². The SMILES string of the molecule is CCOC(=O)c1ccc(N2CC[C@H](c3ccc(F)cc3)C2)nc1. The van der Waals surface area contributed by atoms with Gasteiger partial charge in [0.1, 0.15) is 11.6 Å². The smallest absolute Gasteiger partial charge is 0.339 e. The van der Waals surface area contributed by atoms with Crippen LogP contribution in [0.4, 0.5) is 10.2 Å². The third-order valence-electron chi connectivity index (χ3n) is 4.11. The molecule has 23 heavy (non-hydrogen) atoms. The summed E-state index contributed by atoms with van der Waals surface area (Å²) < 4.78 is 18.0. The van der Waals surface area contributed by atoms with Crippen LogP contribution in [0.1, 0.15) is 35.2 Å². The molecule has 0 N–H and O–H groups in total. The summed E-state index contributed by atoms with van der Waals surface area (Å²) in [7, 11) is 0. The van der Waals surface area contributed by atoms with E-state index in [4.69, 9.17) is 4.74 Å². The highest BCUT2D eigenvalue weighted by Gasteiger charge is 2.25. The maximum Gasteiger partial charge on any atom is 0.339 e. The highest BCUT2D eigenvalue weighted by Crippen LogP contribution is 2.30. The van der Waals surface area contributed by atoms with Crippen molar-refractivity contribution in [2.45, 2.75) is 19.3 Å². The lowest BCUT2D eigenvalue weighted by Crippen LogP contribution is -2.20. The van der Waals surface area contributed by atoms with Gasteiger partial charge in [0.15, 0.2) is 0 Å². The lowest BCUT2D eigenvalue weighted by Gasteiger charge is -2.17. The Morgan fingerprint density at radius 2 is 2.09 bits per heavy atom. The van der Waals surface area contributed by atoms with Gasteiger partial charge in [-0.3, -0.25) is 0 Å². The second-order valence-corrected chi connectivity index (χ2v) is 5.61. The van der Waals surface area contributed by atoms with Crippen molar-refractivity contribution in [3.05, 3.63) is 59.5 Å². The molecule has 0 radical (unpaired) electrons. The molecule has 1 aromatic heterocycles. The van der Waals surface area contributed by atoms with E-state index in [0.29, 0.717) is 18.1 Å². The molecule has 0 saturated carbocycles. The van der Waals surface area contributed by atoms with Crippen molar-refractivity contribution in [3.8, 4) is 0 Å². The lowest BCUT2D eigenvalue weighted by atomic mass is 9.99. The molecule has 2 heterocycles. The van der Waals surface area contributed by atoms with Gasteiger partial charge in [-0.15, -0.1) is 0 Å². The number of halogens is 1. The largest absolute Gasteiger partial charge is 0.462 e. The van der Waals surface area contributed by atoms with E-state index in [1.165, 1.54) is 12.1 Å². The number of anilines is 1. The van der Waals surface area contributed by atoms with E-state index in [1.54, 1.807) is 19.2 Å². The van der Waals surface area contributed by atoms with E-state index < -0.39 is 0 Å². The minimum atomic E-state index is -0.350. The van der Waals surface area contributed by atoms with Gasteiger partial charge in [0, 0.05) is 25.2 Å². The van der Waals surface area contributed by atoms with E-state index in [-0.39, 0.29) is 11.8 Å². The molecule has 5 heteroatoms. The Bertz CT molecular complexity index is 670. The minimum absolute atomic E-state index is 0.208. The predicted molar refractivity (Wildman–Crippen MR) is 86.2 cm³/mol. The maximum atomic E-state index is 13.0. The second kappa shape index (κ2) is 6.77. The fourth-order valence-corrected chi connectivity index (χ4v) is 2.88. The summed E-state index contributed by atoms with van der Waals surface area (Å²) in [6.07, 6.45) is 2.56. The van der Waals surface area contributed by atoms with Crippen LogP contribution in [-0.4, -0.2) is 30.6 Å². The Labute approximate surface area is 134 Å². The van der Waals surface area contributed by atoms with Gasteiger partial charge >= 0.3 is 5.97 Å². The zero-order chi connectivity index (χ0) is 16.2. The number of benzene rings is 1. The summed E-state index contributed by atoms with van der Waals surface area (Å²) in [6.45, 7) is 3.87. The summed E-state index contributed by atoms with van der Waals surface area (Å²) in [5.74, 6) is 0.668. The van der Waals surface area contributed by atoms with Gasteiger partial charge in [-0.05, 0) is 43.2 Å². The number of ether oxygens (including phenoxy) is 1. The number of esters is 1. The van der Waals surface area contributed by atoms with Crippen molar-refractivity contribution in [3.63, 3.8) is 0 Å². The second-order valence-electron chi connectivity index (χ2n) is 5.61. The number of hydrogen-bond donors (Lipinski definition) is 0. The number of aromatic nitrogens is 1. The summed E-state index contributed by atoms with van der Waals surface area (Å²) in [6, 6.07) is 10.3. The molecule has 0 aliphatic carbocycles. The van der Waals surface area contributed by atoms with Gasteiger partial charge in [-0.25, -0.2) is 14.2 Å². The average Bonchev–Trinajstić information content (AvgIpc) is 3.06. The molecular weight excluding hydrogens is 295 g/mol. The van der Waals surface area contributed by atoms with Crippen molar-refractivity contribution in [2.75, 3.05) is 24.6 Å². The van der Waals surface area contributed by atoms with Gasteiger partial charge in [0.2, 0.25) is 0 Å². The van der Waals surface area contributed by atoms with Crippen LogP contribution in [0.3, 0.4) is 0 Å². The predicted octanol–water partition coefficient (Wildman–Crippen LogP) is 3.39. The molecule has 0 bridgehead atoms. The quantitative estimate of drug-likeness (QED) is 0.811. The van der Waals surface area contributed by atoms with Crippen molar-refractivity contribution in [1.29, 1.82) is 0 Å². The fourth-order valence-electron chi connectivity index (χ4n) is 2.88. The molecular formula is C18H19FN2O2. The Morgan fingerprint density at radius 3 is 2.74 bits per heavy atom. The van der Waals surface area contributed by atoms with E-state index in [9.17, 15) is 9.18 Å². The summed E-state index contributed by atoms with van der Waals surface area (Å²) in [5.41, 5.74) is 1.61. The molecule has 4 nitrogen and oxygen atoms in total. The molecule has 1 aliphatic heterocycles.